The molecule has 5 nitrogen and oxygen atoms in total. The van der Waals surface area contributed by atoms with E-state index in [1.807, 2.05) is 0 Å². The Balaban J connectivity index is 1.71. The highest BCUT2D eigenvalue weighted by Gasteiger charge is 2.25. The third-order valence-electron chi connectivity index (χ3n) is 4.64. The molecule has 0 aromatic heterocycles. The smallest absolute Gasteiger partial charge is 0.409 e. The van der Waals surface area contributed by atoms with Crippen molar-refractivity contribution in [3.05, 3.63) is 0 Å². The normalized spacial score (nSPS) is 25.3. The van der Waals surface area contributed by atoms with Gasteiger partial charge in [-0.1, -0.05) is 12.8 Å². The van der Waals surface area contributed by atoms with Crippen LogP contribution in [0.25, 0.3) is 0 Å². The topological polar surface area (TPSA) is 36.0 Å². The fraction of sp³-hybridized carbons (Fsp3) is 0.938. The van der Waals surface area contributed by atoms with E-state index in [9.17, 15) is 4.79 Å². The monoisotopic (exact) mass is 297 g/mol. The fourth-order valence-corrected chi connectivity index (χ4v) is 3.38. The van der Waals surface area contributed by atoms with Crippen LogP contribution in [-0.4, -0.2) is 80.3 Å². The van der Waals surface area contributed by atoms with Crippen molar-refractivity contribution in [3.63, 3.8) is 0 Å². The zero-order valence-electron chi connectivity index (χ0n) is 13.7. The Morgan fingerprint density at radius 3 is 2.48 bits per heavy atom. The number of carbonyl (C=O) groups excluding carboxylic acids is 1. The van der Waals surface area contributed by atoms with Gasteiger partial charge in [-0.05, 0) is 45.3 Å². The van der Waals surface area contributed by atoms with Crippen molar-refractivity contribution < 1.29 is 9.53 Å². The molecule has 2 saturated heterocycles. The van der Waals surface area contributed by atoms with Crippen molar-refractivity contribution in [2.75, 3.05) is 53.4 Å². The molecule has 0 aromatic carbocycles. The zero-order chi connectivity index (χ0) is 15.1. The van der Waals surface area contributed by atoms with Gasteiger partial charge in [-0.2, -0.15) is 0 Å². The Bertz CT molecular complexity index is 315. The summed E-state index contributed by atoms with van der Waals surface area (Å²) in [6.07, 6.45) is 7.86. The van der Waals surface area contributed by atoms with E-state index in [1.165, 1.54) is 56.5 Å². The lowest BCUT2D eigenvalue weighted by molar-refractivity contribution is 0.0711. The molecule has 0 N–H and O–H groups in total. The van der Waals surface area contributed by atoms with E-state index in [0.717, 1.165) is 19.6 Å². The molecular weight excluding hydrogens is 266 g/mol. The largest absolute Gasteiger partial charge is 0.448 e. The zero-order valence-corrected chi connectivity index (χ0v) is 13.7. The Labute approximate surface area is 129 Å². The van der Waals surface area contributed by atoms with Crippen molar-refractivity contribution in [1.82, 2.24) is 14.7 Å². The summed E-state index contributed by atoms with van der Waals surface area (Å²) in [6.45, 7) is 6.19. The van der Waals surface area contributed by atoms with Gasteiger partial charge in [0.15, 0.2) is 0 Å². The maximum atomic E-state index is 11.4. The predicted octanol–water partition coefficient (Wildman–Crippen LogP) is 2.02. The Kier molecular flexibility index (Phi) is 6.77. The van der Waals surface area contributed by atoms with Gasteiger partial charge in [-0.15, -0.1) is 0 Å². The average Bonchev–Trinajstić information content (AvgIpc) is 2.76. The van der Waals surface area contributed by atoms with E-state index in [-0.39, 0.29) is 6.09 Å². The number of nitrogens with zero attached hydrogens (tertiary/aromatic N) is 3. The summed E-state index contributed by atoms with van der Waals surface area (Å²) < 4.78 is 5.24. The van der Waals surface area contributed by atoms with Gasteiger partial charge in [0.25, 0.3) is 0 Å². The van der Waals surface area contributed by atoms with Gasteiger partial charge in [-0.25, -0.2) is 4.79 Å². The SMILES string of the molecule is CN(C)C(=O)OCCN1CCC[C@@H](N2CCCCCC2)C1. The average molecular weight is 297 g/mol. The van der Waals surface area contributed by atoms with Crippen LogP contribution in [0.4, 0.5) is 4.79 Å². The molecule has 2 aliphatic heterocycles. The van der Waals surface area contributed by atoms with E-state index >= 15 is 0 Å². The highest BCUT2D eigenvalue weighted by Crippen LogP contribution is 2.19. The number of hydrogen-bond acceptors (Lipinski definition) is 4. The van der Waals surface area contributed by atoms with Crippen LogP contribution in [0.5, 0.6) is 0 Å². The first-order valence-electron chi connectivity index (χ1n) is 8.47. The molecule has 0 unspecified atom stereocenters. The summed E-state index contributed by atoms with van der Waals surface area (Å²) in [5, 5.41) is 0. The Morgan fingerprint density at radius 1 is 1.10 bits per heavy atom. The number of ether oxygens (including phenoxy) is 1. The molecule has 122 valence electrons. The number of rotatable bonds is 4. The molecule has 0 aromatic rings. The van der Waals surface area contributed by atoms with Crippen LogP contribution in [0.1, 0.15) is 38.5 Å². The minimum Gasteiger partial charge on any atom is -0.448 e. The highest BCUT2D eigenvalue weighted by molar-refractivity contribution is 5.66. The summed E-state index contributed by atoms with van der Waals surface area (Å²) >= 11 is 0. The molecule has 21 heavy (non-hydrogen) atoms. The predicted molar refractivity (Wildman–Crippen MR) is 84.5 cm³/mol. The van der Waals surface area contributed by atoms with Gasteiger partial charge in [0.2, 0.25) is 0 Å². The first-order chi connectivity index (χ1) is 10.2. The molecule has 0 saturated carbocycles. The summed E-state index contributed by atoms with van der Waals surface area (Å²) in [5.74, 6) is 0. The molecule has 1 atom stereocenters. The van der Waals surface area contributed by atoms with Gasteiger partial charge in [0.05, 0.1) is 0 Å². The van der Waals surface area contributed by atoms with Crippen LogP contribution in [0.3, 0.4) is 0 Å². The second kappa shape index (κ2) is 8.59. The van der Waals surface area contributed by atoms with Crippen molar-refractivity contribution in [3.8, 4) is 0 Å². The van der Waals surface area contributed by atoms with Crippen molar-refractivity contribution in [1.29, 1.82) is 0 Å². The Morgan fingerprint density at radius 2 is 1.81 bits per heavy atom. The molecule has 2 heterocycles. The van der Waals surface area contributed by atoms with Gasteiger partial charge < -0.3 is 9.64 Å². The second-order valence-electron chi connectivity index (χ2n) is 6.56. The van der Waals surface area contributed by atoms with Gasteiger partial charge in [-0.3, -0.25) is 9.80 Å². The maximum absolute atomic E-state index is 11.4. The van der Waals surface area contributed by atoms with Crippen LogP contribution < -0.4 is 0 Å². The molecule has 0 aliphatic carbocycles. The molecule has 5 heteroatoms. The lowest BCUT2D eigenvalue weighted by Crippen LogP contribution is -2.49. The van der Waals surface area contributed by atoms with E-state index < -0.39 is 0 Å². The van der Waals surface area contributed by atoms with Crippen molar-refractivity contribution in [2.45, 2.75) is 44.6 Å². The molecule has 2 rings (SSSR count). The van der Waals surface area contributed by atoms with Crippen LogP contribution in [0.2, 0.25) is 0 Å². The van der Waals surface area contributed by atoms with Crippen LogP contribution in [-0.2, 0) is 4.74 Å². The van der Waals surface area contributed by atoms with Gasteiger partial charge in [0.1, 0.15) is 6.61 Å². The summed E-state index contributed by atoms with van der Waals surface area (Å²) in [7, 11) is 3.44. The van der Waals surface area contributed by atoms with E-state index in [0.29, 0.717) is 12.6 Å². The minimum atomic E-state index is -0.240. The highest BCUT2D eigenvalue weighted by atomic mass is 16.6. The first-order valence-corrected chi connectivity index (χ1v) is 8.47. The molecule has 0 bridgehead atoms. The first kappa shape index (κ1) is 16.6. The van der Waals surface area contributed by atoms with E-state index in [1.54, 1.807) is 14.1 Å². The molecule has 0 radical (unpaired) electrons. The molecule has 0 spiro atoms. The lowest BCUT2D eigenvalue weighted by Gasteiger charge is -2.39. The molecule has 2 aliphatic rings. The van der Waals surface area contributed by atoms with E-state index in [2.05, 4.69) is 9.80 Å². The van der Waals surface area contributed by atoms with Gasteiger partial charge >= 0.3 is 6.09 Å². The van der Waals surface area contributed by atoms with Crippen LogP contribution in [0.15, 0.2) is 0 Å². The molecular formula is C16H31N3O2. The van der Waals surface area contributed by atoms with E-state index in [4.69, 9.17) is 4.74 Å². The number of hydrogen-bond donors (Lipinski definition) is 0. The number of amides is 1. The van der Waals surface area contributed by atoms with Gasteiger partial charge in [0, 0.05) is 33.2 Å². The summed E-state index contributed by atoms with van der Waals surface area (Å²) in [4.78, 5) is 18.1. The van der Waals surface area contributed by atoms with Crippen LogP contribution in [0, 0.1) is 0 Å². The number of carbonyl (C=O) groups is 1. The summed E-state index contributed by atoms with van der Waals surface area (Å²) in [6, 6.07) is 0.710. The maximum Gasteiger partial charge on any atom is 0.409 e. The number of piperidine rings is 1. The lowest BCUT2D eigenvalue weighted by atomic mass is 10.0. The van der Waals surface area contributed by atoms with Crippen molar-refractivity contribution >= 4 is 6.09 Å². The van der Waals surface area contributed by atoms with Crippen molar-refractivity contribution in [2.24, 2.45) is 0 Å². The Hall–Kier alpha value is -0.810. The third-order valence-corrected chi connectivity index (χ3v) is 4.64. The quantitative estimate of drug-likeness (QED) is 0.795. The number of likely N-dealkylation sites (tertiary alicyclic amines) is 2. The second-order valence-corrected chi connectivity index (χ2v) is 6.56. The van der Waals surface area contributed by atoms with Crippen LogP contribution >= 0.6 is 0 Å². The third kappa shape index (κ3) is 5.47. The standard InChI is InChI=1S/C16H31N3O2/c1-17(2)16(20)21-13-12-18-9-7-8-15(14-18)19-10-5-3-4-6-11-19/h15H,3-14H2,1-2H3/t15-/m1/s1. The summed E-state index contributed by atoms with van der Waals surface area (Å²) in [5.41, 5.74) is 0. The fourth-order valence-electron chi connectivity index (χ4n) is 3.38. The molecule has 1 amide bonds. The molecule has 2 fully saturated rings. The minimum absolute atomic E-state index is 0.240.